The van der Waals surface area contributed by atoms with Crippen LogP contribution in [0.25, 0.3) is 0 Å². The van der Waals surface area contributed by atoms with Crippen LogP contribution < -0.4 is 14.8 Å². The van der Waals surface area contributed by atoms with E-state index in [2.05, 4.69) is 15.0 Å². The lowest BCUT2D eigenvalue weighted by Crippen LogP contribution is -2.40. The van der Waals surface area contributed by atoms with Crippen LogP contribution in [0, 0.1) is 0 Å². The number of nitrogens with one attached hydrogen (secondary N) is 1. The average molecular weight is 485 g/mol. The molecule has 35 heavy (non-hydrogen) atoms. The summed E-state index contributed by atoms with van der Waals surface area (Å²) in [6, 6.07) is 14.8. The van der Waals surface area contributed by atoms with Gasteiger partial charge in [-0.3, -0.25) is 14.6 Å². The van der Waals surface area contributed by atoms with Gasteiger partial charge >= 0.3 is 6.36 Å². The molecule has 7 nitrogen and oxygen atoms in total. The summed E-state index contributed by atoms with van der Waals surface area (Å²) in [5.74, 6) is -0.653. The summed E-state index contributed by atoms with van der Waals surface area (Å²) in [5.41, 5.74) is 2.22. The molecule has 1 aromatic heterocycles. The van der Waals surface area contributed by atoms with Crippen molar-refractivity contribution in [3.8, 4) is 11.5 Å². The van der Waals surface area contributed by atoms with Crippen LogP contribution in [0.1, 0.15) is 33.2 Å². The van der Waals surface area contributed by atoms with E-state index < -0.39 is 18.3 Å². The lowest BCUT2D eigenvalue weighted by Gasteiger charge is -2.25. The van der Waals surface area contributed by atoms with Gasteiger partial charge in [-0.05, 0) is 42.0 Å². The Kier molecular flexibility index (Phi) is 6.90. The maximum absolute atomic E-state index is 13.3. The van der Waals surface area contributed by atoms with Crippen molar-refractivity contribution in [2.45, 2.75) is 25.4 Å². The summed E-state index contributed by atoms with van der Waals surface area (Å²) in [7, 11) is 1.47. The molecule has 2 heterocycles. The summed E-state index contributed by atoms with van der Waals surface area (Å²) in [5, 5.41) is 2.78. The summed E-state index contributed by atoms with van der Waals surface area (Å²) >= 11 is 0. The molecule has 2 aromatic carbocycles. The van der Waals surface area contributed by atoms with E-state index in [1.165, 1.54) is 36.3 Å². The maximum atomic E-state index is 13.3. The number of benzene rings is 2. The molecule has 0 saturated carbocycles. The molecule has 4 rings (SSSR count). The van der Waals surface area contributed by atoms with Gasteiger partial charge in [0.1, 0.15) is 17.5 Å². The Morgan fingerprint density at radius 1 is 1.09 bits per heavy atom. The largest absolute Gasteiger partial charge is 0.573 e. The quantitative estimate of drug-likeness (QED) is 0.521. The van der Waals surface area contributed by atoms with Crippen molar-refractivity contribution >= 4 is 11.8 Å². The van der Waals surface area contributed by atoms with E-state index in [1.807, 2.05) is 12.1 Å². The van der Waals surface area contributed by atoms with Gasteiger partial charge in [-0.1, -0.05) is 24.3 Å². The third kappa shape index (κ3) is 5.53. The van der Waals surface area contributed by atoms with E-state index >= 15 is 0 Å². The van der Waals surface area contributed by atoms with Crippen LogP contribution in [0.5, 0.6) is 11.5 Å². The predicted molar refractivity (Wildman–Crippen MR) is 120 cm³/mol. The normalized spacial score (nSPS) is 15.0. The zero-order valence-corrected chi connectivity index (χ0v) is 18.7. The molecule has 1 unspecified atom stereocenters. The lowest BCUT2D eigenvalue weighted by atomic mass is 10.0. The van der Waals surface area contributed by atoms with Crippen molar-refractivity contribution in [1.82, 2.24) is 15.2 Å². The molecule has 1 aliphatic heterocycles. The number of aromatic nitrogens is 1. The van der Waals surface area contributed by atoms with Crippen molar-refractivity contribution in [2.24, 2.45) is 0 Å². The Balaban J connectivity index is 1.52. The smallest absolute Gasteiger partial charge is 0.496 e. The van der Waals surface area contributed by atoms with Crippen molar-refractivity contribution in [1.29, 1.82) is 0 Å². The third-order valence-corrected chi connectivity index (χ3v) is 5.57. The zero-order valence-electron chi connectivity index (χ0n) is 18.7. The minimum Gasteiger partial charge on any atom is -0.496 e. The fourth-order valence-corrected chi connectivity index (χ4v) is 4.00. The molecule has 0 aliphatic carbocycles. The van der Waals surface area contributed by atoms with Crippen LogP contribution in [0.4, 0.5) is 13.2 Å². The number of methoxy groups -OCH3 is 1. The molecule has 182 valence electrons. The van der Waals surface area contributed by atoms with Crippen LogP contribution in [0.3, 0.4) is 0 Å². The monoisotopic (exact) mass is 485 g/mol. The fourth-order valence-electron chi connectivity index (χ4n) is 4.00. The molecule has 1 aliphatic rings. The minimum absolute atomic E-state index is 0.0500. The number of carbonyl (C=O) groups excluding carboxylic acids is 2. The van der Waals surface area contributed by atoms with Crippen molar-refractivity contribution < 1.29 is 32.2 Å². The van der Waals surface area contributed by atoms with Gasteiger partial charge in [-0.2, -0.15) is 0 Å². The summed E-state index contributed by atoms with van der Waals surface area (Å²) in [6.07, 6.45) is -2.67. The Morgan fingerprint density at radius 3 is 2.51 bits per heavy atom. The minimum atomic E-state index is -4.78. The first-order chi connectivity index (χ1) is 16.8. The lowest BCUT2D eigenvalue weighted by molar-refractivity contribution is -0.274. The van der Waals surface area contributed by atoms with Gasteiger partial charge in [0, 0.05) is 42.5 Å². The SMILES string of the molecule is COc1cccc2c1C(C(=O)NCc1ccc(OC(F)(F)F)cc1)N(CCc1ccccn1)C2=O. The van der Waals surface area contributed by atoms with E-state index in [-0.39, 0.29) is 24.7 Å². The summed E-state index contributed by atoms with van der Waals surface area (Å²) in [4.78, 5) is 32.3. The van der Waals surface area contributed by atoms with E-state index in [9.17, 15) is 22.8 Å². The molecule has 0 saturated heterocycles. The molecule has 0 radical (unpaired) electrons. The standard InChI is InChI=1S/C25H22F3N3O4/c1-34-20-7-4-6-19-21(20)22(31(24(19)33)14-12-17-5-2-3-13-29-17)23(32)30-15-16-8-10-18(11-9-16)35-25(26,27)28/h2-11,13,22H,12,14-15H2,1H3,(H,30,32). The van der Waals surface area contributed by atoms with Crippen LogP contribution >= 0.6 is 0 Å². The molecule has 2 amide bonds. The van der Waals surface area contributed by atoms with Crippen LogP contribution in [-0.2, 0) is 17.8 Å². The van der Waals surface area contributed by atoms with E-state index in [4.69, 9.17) is 4.74 Å². The first-order valence-electron chi connectivity index (χ1n) is 10.8. The molecule has 0 bridgehead atoms. The first kappa shape index (κ1) is 24.1. The predicted octanol–water partition coefficient (Wildman–Crippen LogP) is 4.04. The second-order valence-corrected chi connectivity index (χ2v) is 7.80. The Morgan fingerprint density at radius 2 is 1.86 bits per heavy atom. The van der Waals surface area contributed by atoms with Gasteiger partial charge in [0.2, 0.25) is 5.91 Å². The van der Waals surface area contributed by atoms with Crippen LogP contribution in [-0.4, -0.2) is 41.7 Å². The number of ether oxygens (including phenoxy) is 2. The van der Waals surface area contributed by atoms with E-state index in [1.54, 1.807) is 30.5 Å². The highest BCUT2D eigenvalue weighted by Gasteiger charge is 2.43. The second kappa shape index (κ2) is 10.0. The fraction of sp³-hybridized carbons (Fsp3) is 0.240. The van der Waals surface area contributed by atoms with Crippen molar-refractivity contribution in [3.05, 3.63) is 89.2 Å². The number of fused-ring (bicyclic) bond motifs is 1. The van der Waals surface area contributed by atoms with Gasteiger partial charge in [-0.25, -0.2) is 0 Å². The number of hydrogen-bond acceptors (Lipinski definition) is 5. The van der Waals surface area contributed by atoms with E-state index in [0.717, 1.165) is 5.69 Å². The van der Waals surface area contributed by atoms with Gasteiger partial charge in [0.05, 0.1) is 7.11 Å². The zero-order chi connectivity index (χ0) is 25.0. The number of carbonyl (C=O) groups is 2. The molecule has 0 spiro atoms. The molecule has 1 N–H and O–H groups in total. The van der Waals surface area contributed by atoms with Gasteiger partial charge in [-0.15, -0.1) is 13.2 Å². The number of pyridine rings is 1. The molecular formula is C25H22F3N3O4. The summed E-state index contributed by atoms with van der Waals surface area (Å²) < 4.78 is 46.4. The highest BCUT2D eigenvalue weighted by Crippen LogP contribution is 2.40. The number of hydrogen-bond donors (Lipinski definition) is 1. The highest BCUT2D eigenvalue weighted by molar-refractivity contribution is 6.05. The maximum Gasteiger partial charge on any atom is 0.573 e. The molecule has 0 fully saturated rings. The number of halogens is 3. The average Bonchev–Trinajstić information content (AvgIpc) is 3.13. The second-order valence-electron chi connectivity index (χ2n) is 7.80. The first-order valence-corrected chi connectivity index (χ1v) is 10.8. The summed E-state index contributed by atoms with van der Waals surface area (Å²) in [6.45, 7) is 0.309. The Labute approximate surface area is 199 Å². The van der Waals surface area contributed by atoms with Gasteiger partial charge in [0.15, 0.2) is 0 Å². The van der Waals surface area contributed by atoms with Crippen LogP contribution in [0.15, 0.2) is 66.9 Å². The number of amides is 2. The van der Waals surface area contributed by atoms with Crippen molar-refractivity contribution in [2.75, 3.05) is 13.7 Å². The molecule has 1 atom stereocenters. The van der Waals surface area contributed by atoms with Crippen LogP contribution in [0.2, 0.25) is 0 Å². The topological polar surface area (TPSA) is 80.8 Å². The van der Waals surface area contributed by atoms with Gasteiger partial charge in [0.25, 0.3) is 5.91 Å². The molecule has 3 aromatic rings. The number of rotatable bonds is 8. The highest BCUT2D eigenvalue weighted by atomic mass is 19.4. The third-order valence-electron chi connectivity index (χ3n) is 5.57. The Bertz CT molecular complexity index is 1200. The van der Waals surface area contributed by atoms with Gasteiger partial charge < -0.3 is 19.7 Å². The van der Waals surface area contributed by atoms with E-state index in [0.29, 0.717) is 28.9 Å². The molecule has 10 heteroatoms. The molecular weight excluding hydrogens is 463 g/mol. The number of alkyl halides is 3. The Hall–Kier alpha value is -4.08. The number of nitrogens with zero attached hydrogens (tertiary/aromatic N) is 2. The van der Waals surface area contributed by atoms with Crippen molar-refractivity contribution in [3.63, 3.8) is 0 Å².